The maximum absolute atomic E-state index is 5.64. The second-order valence-electron chi connectivity index (χ2n) is 3.73. The first-order valence-electron chi connectivity index (χ1n) is 5.67. The first-order valence-corrected chi connectivity index (χ1v) is 6.55. The van der Waals surface area contributed by atoms with Crippen LogP contribution in [0, 0.1) is 0 Å². The van der Waals surface area contributed by atoms with Gasteiger partial charge >= 0.3 is 0 Å². The minimum absolute atomic E-state index is 0.401. The maximum Gasteiger partial charge on any atom is 0.0594 e. The quantitative estimate of drug-likeness (QED) is 0.689. The Balaban J connectivity index is 1.93. The normalized spacial score (nSPS) is 12.9. The number of hydrogen-bond donors (Lipinski definition) is 1. The highest BCUT2D eigenvalue weighted by molar-refractivity contribution is 7.09. The number of thiophene rings is 1. The van der Waals surface area contributed by atoms with Crippen molar-refractivity contribution in [1.29, 1.82) is 0 Å². The Morgan fingerprint density at radius 2 is 2.40 bits per heavy atom. The molecule has 0 spiro atoms. The summed E-state index contributed by atoms with van der Waals surface area (Å²) in [6.45, 7) is 7.04. The monoisotopic (exact) mass is 227 g/mol. The van der Waals surface area contributed by atoms with Crippen LogP contribution in [0.5, 0.6) is 0 Å². The first-order chi connectivity index (χ1) is 7.33. The van der Waals surface area contributed by atoms with E-state index in [4.69, 9.17) is 4.74 Å². The van der Waals surface area contributed by atoms with E-state index in [2.05, 4.69) is 36.7 Å². The van der Waals surface area contributed by atoms with Gasteiger partial charge in [0, 0.05) is 18.0 Å². The summed E-state index contributed by atoms with van der Waals surface area (Å²) in [6.07, 6.45) is 2.76. The third kappa shape index (κ3) is 5.92. The summed E-state index contributed by atoms with van der Waals surface area (Å²) < 4.78 is 5.64. The summed E-state index contributed by atoms with van der Waals surface area (Å²) >= 11 is 1.79. The molecule has 0 bridgehead atoms. The SMILES string of the molecule is CCCC(C)OCCNCc1cccs1. The second kappa shape index (κ2) is 7.85. The van der Waals surface area contributed by atoms with Crippen molar-refractivity contribution < 1.29 is 4.74 Å². The van der Waals surface area contributed by atoms with E-state index >= 15 is 0 Å². The molecule has 0 aromatic carbocycles. The molecule has 0 aliphatic heterocycles. The van der Waals surface area contributed by atoms with Crippen molar-refractivity contribution in [2.75, 3.05) is 13.2 Å². The van der Waals surface area contributed by atoms with Gasteiger partial charge in [-0.3, -0.25) is 0 Å². The zero-order valence-electron chi connectivity index (χ0n) is 9.66. The van der Waals surface area contributed by atoms with E-state index in [1.54, 1.807) is 11.3 Å². The molecule has 0 amide bonds. The molecule has 1 aromatic heterocycles. The van der Waals surface area contributed by atoms with Crippen molar-refractivity contribution in [3.63, 3.8) is 0 Å². The number of ether oxygens (including phenoxy) is 1. The molecule has 1 atom stereocenters. The van der Waals surface area contributed by atoms with Gasteiger partial charge in [-0.25, -0.2) is 0 Å². The lowest BCUT2D eigenvalue weighted by molar-refractivity contribution is 0.0617. The van der Waals surface area contributed by atoms with Gasteiger partial charge in [-0.1, -0.05) is 19.4 Å². The highest BCUT2D eigenvalue weighted by Crippen LogP contribution is 2.07. The van der Waals surface area contributed by atoms with Gasteiger partial charge in [0.05, 0.1) is 12.7 Å². The van der Waals surface area contributed by atoms with Crippen LogP contribution in [-0.2, 0) is 11.3 Å². The fourth-order valence-corrected chi connectivity index (χ4v) is 2.12. The van der Waals surface area contributed by atoms with Crippen LogP contribution in [-0.4, -0.2) is 19.3 Å². The van der Waals surface area contributed by atoms with Crippen LogP contribution in [0.15, 0.2) is 17.5 Å². The molecule has 1 heterocycles. The van der Waals surface area contributed by atoms with Gasteiger partial charge in [-0.2, -0.15) is 0 Å². The van der Waals surface area contributed by atoms with Crippen molar-refractivity contribution in [1.82, 2.24) is 5.32 Å². The molecule has 0 saturated heterocycles. The van der Waals surface area contributed by atoms with Crippen LogP contribution in [0.4, 0.5) is 0 Å². The minimum Gasteiger partial charge on any atom is -0.377 e. The summed E-state index contributed by atoms with van der Waals surface area (Å²) in [7, 11) is 0. The average molecular weight is 227 g/mol. The Bertz CT molecular complexity index is 236. The van der Waals surface area contributed by atoms with Gasteiger partial charge in [-0.05, 0) is 24.8 Å². The van der Waals surface area contributed by atoms with Crippen LogP contribution in [0.25, 0.3) is 0 Å². The van der Waals surface area contributed by atoms with Crippen LogP contribution in [0.3, 0.4) is 0 Å². The Hall–Kier alpha value is -0.380. The largest absolute Gasteiger partial charge is 0.377 e. The molecule has 1 N–H and O–H groups in total. The Morgan fingerprint density at radius 3 is 3.07 bits per heavy atom. The van der Waals surface area contributed by atoms with E-state index in [-0.39, 0.29) is 0 Å². The molecule has 3 heteroatoms. The van der Waals surface area contributed by atoms with Crippen molar-refractivity contribution in [2.45, 2.75) is 39.3 Å². The van der Waals surface area contributed by atoms with Crippen molar-refractivity contribution in [3.05, 3.63) is 22.4 Å². The third-order valence-corrected chi connectivity index (χ3v) is 3.13. The average Bonchev–Trinajstić information content (AvgIpc) is 2.70. The van der Waals surface area contributed by atoms with E-state index in [1.807, 2.05) is 0 Å². The molecule has 0 radical (unpaired) electrons. The lowest BCUT2D eigenvalue weighted by Gasteiger charge is -2.11. The molecular formula is C12H21NOS. The van der Waals surface area contributed by atoms with E-state index in [0.717, 1.165) is 26.1 Å². The Labute approximate surface area is 96.7 Å². The number of rotatable bonds is 8. The van der Waals surface area contributed by atoms with Gasteiger partial charge in [-0.15, -0.1) is 11.3 Å². The lowest BCUT2D eigenvalue weighted by atomic mass is 10.2. The van der Waals surface area contributed by atoms with Crippen LogP contribution < -0.4 is 5.32 Å². The van der Waals surface area contributed by atoms with Crippen LogP contribution in [0.1, 0.15) is 31.6 Å². The van der Waals surface area contributed by atoms with E-state index < -0.39 is 0 Å². The van der Waals surface area contributed by atoms with Gasteiger partial charge < -0.3 is 10.1 Å². The number of nitrogens with one attached hydrogen (secondary N) is 1. The maximum atomic E-state index is 5.64. The molecular weight excluding hydrogens is 206 g/mol. The molecule has 1 rings (SSSR count). The predicted octanol–water partition coefficient (Wildman–Crippen LogP) is 3.04. The van der Waals surface area contributed by atoms with E-state index in [1.165, 1.54) is 11.3 Å². The number of hydrogen-bond acceptors (Lipinski definition) is 3. The Kier molecular flexibility index (Phi) is 6.64. The van der Waals surface area contributed by atoms with Crippen LogP contribution in [0.2, 0.25) is 0 Å². The molecule has 1 aromatic rings. The van der Waals surface area contributed by atoms with E-state index in [0.29, 0.717) is 6.10 Å². The molecule has 0 aliphatic carbocycles. The Morgan fingerprint density at radius 1 is 1.53 bits per heavy atom. The molecule has 0 saturated carbocycles. The smallest absolute Gasteiger partial charge is 0.0594 e. The van der Waals surface area contributed by atoms with Gasteiger partial charge in [0.25, 0.3) is 0 Å². The third-order valence-electron chi connectivity index (χ3n) is 2.26. The highest BCUT2D eigenvalue weighted by atomic mass is 32.1. The summed E-state index contributed by atoms with van der Waals surface area (Å²) in [5, 5.41) is 5.48. The summed E-state index contributed by atoms with van der Waals surface area (Å²) in [6, 6.07) is 4.24. The zero-order chi connectivity index (χ0) is 10.9. The second-order valence-corrected chi connectivity index (χ2v) is 4.76. The molecule has 0 fully saturated rings. The van der Waals surface area contributed by atoms with Gasteiger partial charge in [0.15, 0.2) is 0 Å². The molecule has 0 aliphatic rings. The summed E-state index contributed by atoms with van der Waals surface area (Å²) in [5.41, 5.74) is 0. The fourth-order valence-electron chi connectivity index (χ4n) is 1.45. The first kappa shape index (κ1) is 12.7. The van der Waals surface area contributed by atoms with Gasteiger partial charge in [0.2, 0.25) is 0 Å². The van der Waals surface area contributed by atoms with Crippen molar-refractivity contribution >= 4 is 11.3 Å². The minimum atomic E-state index is 0.401. The standard InChI is InChI=1S/C12H21NOS/c1-3-5-11(2)14-8-7-13-10-12-6-4-9-15-12/h4,6,9,11,13H,3,5,7-8,10H2,1-2H3. The van der Waals surface area contributed by atoms with Crippen molar-refractivity contribution in [2.24, 2.45) is 0 Å². The zero-order valence-corrected chi connectivity index (χ0v) is 10.5. The topological polar surface area (TPSA) is 21.3 Å². The molecule has 15 heavy (non-hydrogen) atoms. The fraction of sp³-hybridized carbons (Fsp3) is 0.667. The van der Waals surface area contributed by atoms with Crippen LogP contribution >= 0.6 is 11.3 Å². The molecule has 2 nitrogen and oxygen atoms in total. The molecule has 86 valence electrons. The highest BCUT2D eigenvalue weighted by Gasteiger charge is 1.99. The van der Waals surface area contributed by atoms with Gasteiger partial charge in [0.1, 0.15) is 0 Å². The van der Waals surface area contributed by atoms with E-state index in [9.17, 15) is 0 Å². The summed E-state index contributed by atoms with van der Waals surface area (Å²) in [5.74, 6) is 0. The summed E-state index contributed by atoms with van der Waals surface area (Å²) in [4.78, 5) is 1.39. The predicted molar refractivity (Wildman–Crippen MR) is 66.3 cm³/mol. The van der Waals surface area contributed by atoms with Crippen molar-refractivity contribution in [3.8, 4) is 0 Å². The molecule has 1 unspecified atom stereocenters. The lowest BCUT2D eigenvalue weighted by Crippen LogP contribution is -2.21.